The molecule has 0 aliphatic rings. The van der Waals surface area contributed by atoms with Crippen molar-refractivity contribution < 1.29 is 9.32 Å². The minimum Gasteiger partial charge on any atom is -0.353 e. The lowest BCUT2D eigenvalue weighted by Crippen LogP contribution is -1.84. The second-order valence-corrected chi connectivity index (χ2v) is 2.08. The predicted molar refractivity (Wildman–Crippen MR) is 35.9 cm³/mol. The quantitative estimate of drug-likeness (QED) is 0.595. The van der Waals surface area contributed by atoms with E-state index in [-0.39, 0.29) is 0 Å². The molecule has 1 rings (SSSR count). The van der Waals surface area contributed by atoms with Crippen molar-refractivity contribution in [3.63, 3.8) is 0 Å². The van der Waals surface area contributed by atoms with Gasteiger partial charge in [0, 0.05) is 5.56 Å². The minimum atomic E-state index is 0.363. The standard InChI is InChI=1S/C7H9NO2/c1-2-3-6-4-8-10-7(6)5-9/h4-5H,2-3H2,1H3. The highest BCUT2D eigenvalue weighted by atomic mass is 16.5. The monoisotopic (exact) mass is 139 g/mol. The number of aldehydes is 1. The highest BCUT2D eigenvalue weighted by Gasteiger charge is 2.03. The van der Waals surface area contributed by atoms with Crippen LogP contribution in [0.4, 0.5) is 0 Å². The zero-order valence-corrected chi connectivity index (χ0v) is 5.83. The van der Waals surface area contributed by atoms with E-state index < -0.39 is 0 Å². The summed E-state index contributed by atoms with van der Waals surface area (Å²) in [6.45, 7) is 2.04. The Morgan fingerprint density at radius 3 is 3.20 bits per heavy atom. The summed E-state index contributed by atoms with van der Waals surface area (Å²) >= 11 is 0. The zero-order chi connectivity index (χ0) is 7.40. The molecule has 0 bridgehead atoms. The van der Waals surface area contributed by atoms with Crippen LogP contribution in [0.2, 0.25) is 0 Å². The fourth-order valence-corrected chi connectivity index (χ4v) is 0.823. The molecular formula is C7H9NO2. The van der Waals surface area contributed by atoms with Crippen LogP contribution < -0.4 is 0 Å². The van der Waals surface area contributed by atoms with Gasteiger partial charge < -0.3 is 4.52 Å². The summed E-state index contributed by atoms with van der Waals surface area (Å²) in [6, 6.07) is 0. The lowest BCUT2D eigenvalue weighted by molar-refractivity contribution is 0.109. The van der Waals surface area contributed by atoms with Crippen molar-refractivity contribution in [3.8, 4) is 0 Å². The van der Waals surface area contributed by atoms with E-state index in [9.17, 15) is 4.79 Å². The van der Waals surface area contributed by atoms with Gasteiger partial charge in [-0.1, -0.05) is 18.5 Å². The minimum absolute atomic E-state index is 0.363. The lowest BCUT2D eigenvalue weighted by Gasteiger charge is -1.88. The molecule has 3 nitrogen and oxygen atoms in total. The first kappa shape index (κ1) is 6.99. The van der Waals surface area contributed by atoms with E-state index in [1.807, 2.05) is 6.92 Å². The number of hydrogen-bond donors (Lipinski definition) is 0. The van der Waals surface area contributed by atoms with Gasteiger partial charge in [-0.2, -0.15) is 0 Å². The highest BCUT2D eigenvalue weighted by Crippen LogP contribution is 2.06. The van der Waals surface area contributed by atoms with Crippen molar-refractivity contribution in [1.29, 1.82) is 0 Å². The normalized spacial score (nSPS) is 9.70. The summed E-state index contributed by atoms with van der Waals surface area (Å²) in [4.78, 5) is 10.2. The Morgan fingerprint density at radius 1 is 1.80 bits per heavy atom. The van der Waals surface area contributed by atoms with Crippen LogP contribution in [0.1, 0.15) is 29.5 Å². The summed E-state index contributed by atoms with van der Waals surface area (Å²) in [5, 5.41) is 3.51. The number of aromatic nitrogens is 1. The molecule has 1 aromatic rings. The molecule has 0 radical (unpaired) electrons. The van der Waals surface area contributed by atoms with E-state index in [2.05, 4.69) is 9.68 Å². The molecule has 54 valence electrons. The molecule has 0 unspecified atom stereocenters. The van der Waals surface area contributed by atoms with E-state index >= 15 is 0 Å². The average Bonchev–Trinajstić information content (AvgIpc) is 2.36. The third-order valence-electron chi connectivity index (χ3n) is 1.30. The van der Waals surface area contributed by atoms with Gasteiger partial charge >= 0.3 is 0 Å². The molecule has 10 heavy (non-hydrogen) atoms. The highest BCUT2D eigenvalue weighted by molar-refractivity contribution is 5.72. The van der Waals surface area contributed by atoms with Gasteiger partial charge in [-0.05, 0) is 6.42 Å². The van der Waals surface area contributed by atoms with Gasteiger partial charge in [0.1, 0.15) is 0 Å². The number of nitrogens with zero attached hydrogens (tertiary/aromatic N) is 1. The molecule has 1 aromatic heterocycles. The molecule has 0 aromatic carbocycles. The second-order valence-electron chi connectivity index (χ2n) is 2.08. The Balaban J connectivity index is 2.79. The number of aryl methyl sites for hydroxylation is 1. The third kappa shape index (κ3) is 1.23. The molecule has 0 fully saturated rings. The Kier molecular flexibility index (Phi) is 2.20. The Bertz CT molecular complexity index is 217. The summed E-state index contributed by atoms with van der Waals surface area (Å²) < 4.78 is 4.65. The van der Waals surface area contributed by atoms with Crippen LogP contribution in [-0.2, 0) is 6.42 Å². The molecule has 0 atom stereocenters. The smallest absolute Gasteiger partial charge is 0.202 e. The Labute approximate surface area is 59.0 Å². The van der Waals surface area contributed by atoms with Crippen molar-refractivity contribution in [1.82, 2.24) is 5.16 Å². The largest absolute Gasteiger partial charge is 0.353 e. The zero-order valence-electron chi connectivity index (χ0n) is 5.83. The van der Waals surface area contributed by atoms with Crippen LogP contribution in [0.15, 0.2) is 10.7 Å². The SMILES string of the molecule is CCCc1cnoc1C=O. The molecular weight excluding hydrogens is 130 g/mol. The molecule has 0 aliphatic heterocycles. The van der Waals surface area contributed by atoms with Gasteiger partial charge in [-0.3, -0.25) is 4.79 Å². The fourth-order valence-electron chi connectivity index (χ4n) is 0.823. The van der Waals surface area contributed by atoms with E-state index in [1.54, 1.807) is 6.20 Å². The van der Waals surface area contributed by atoms with Crippen LogP contribution in [0.25, 0.3) is 0 Å². The first-order chi connectivity index (χ1) is 4.88. The number of carbonyl (C=O) groups is 1. The Hall–Kier alpha value is -1.12. The number of carbonyl (C=O) groups excluding carboxylic acids is 1. The third-order valence-corrected chi connectivity index (χ3v) is 1.30. The molecule has 3 heteroatoms. The molecule has 0 saturated heterocycles. The van der Waals surface area contributed by atoms with Crippen LogP contribution in [0, 0.1) is 0 Å². The Morgan fingerprint density at radius 2 is 2.60 bits per heavy atom. The average molecular weight is 139 g/mol. The van der Waals surface area contributed by atoms with E-state index in [1.165, 1.54) is 0 Å². The molecule has 0 aliphatic carbocycles. The van der Waals surface area contributed by atoms with Crippen LogP contribution >= 0.6 is 0 Å². The van der Waals surface area contributed by atoms with Crippen molar-refractivity contribution in [3.05, 3.63) is 17.5 Å². The van der Waals surface area contributed by atoms with Crippen molar-refractivity contribution in [2.45, 2.75) is 19.8 Å². The topological polar surface area (TPSA) is 43.1 Å². The van der Waals surface area contributed by atoms with Crippen molar-refractivity contribution >= 4 is 6.29 Å². The lowest BCUT2D eigenvalue weighted by atomic mass is 10.2. The summed E-state index contributed by atoms with van der Waals surface area (Å²) in [5.74, 6) is 0.363. The maximum atomic E-state index is 10.2. The van der Waals surface area contributed by atoms with Gasteiger partial charge in [0.15, 0.2) is 6.29 Å². The van der Waals surface area contributed by atoms with Crippen molar-refractivity contribution in [2.75, 3.05) is 0 Å². The van der Waals surface area contributed by atoms with Crippen LogP contribution in [-0.4, -0.2) is 11.4 Å². The molecule has 0 spiro atoms. The van der Waals surface area contributed by atoms with Gasteiger partial charge in [-0.15, -0.1) is 0 Å². The number of hydrogen-bond acceptors (Lipinski definition) is 3. The second kappa shape index (κ2) is 3.15. The van der Waals surface area contributed by atoms with Crippen molar-refractivity contribution in [2.24, 2.45) is 0 Å². The first-order valence-corrected chi connectivity index (χ1v) is 3.27. The van der Waals surface area contributed by atoms with Gasteiger partial charge in [0.2, 0.25) is 5.76 Å². The van der Waals surface area contributed by atoms with Crippen LogP contribution in [0.3, 0.4) is 0 Å². The summed E-state index contributed by atoms with van der Waals surface area (Å²) in [5.41, 5.74) is 0.900. The first-order valence-electron chi connectivity index (χ1n) is 3.27. The van der Waals surface area contributed by atoms with Crippen LogP contribution in [0.5, 0.6) is 0 Å². The summed E-state index contributed by atoms with van der Waals surface area (Å²) in [6.07, 6.45) is 4.14. The number of rotatable bonds is 3. The molecule has 0 amide bonds. The molecule has 0 saturated carbocycles. The van der Waals surface area contributed by atoms with E-state index in [4.69, 9.17) is 0 Å². The summed E-state index contributed by atoms with van der Waals surface area (Å²) in [7, 11) is 0. The molecule has 1 heterocycles. The van der Waals surface area contributed by atoms with E-state index in [0.717, 1.165) is 18.4 Å². The maximum Gasteiger partial charge on any atom is 0.202 e. The predicted octanol–water partition coefficient (Wildman–Crippen LogP) is 1.44. The fraction of sp³-hybridized carbons (Fsp3) is 0.429. The van der Waals surface area contributed by atoms with Gasteiger partial charge in [0.25, 0.3) is 0 Å². The van der Waals surface area contributed by atoms with Gasteiger partial charge in [0.05, 0.1) is 6.20 Å². The van der Waals surface area contributed by atoms with E-state index in [0.29, 0.717) is 12.0 Å². The van der Waals surface area contributed by atoms with Gasteiger partial charge in [-0.25, -0.2) is 0 Å². The maximum absolute atomic E-state index is 10.2. The molecule has 0 N–H and O–H groups in total.